The average Bonchev–Trinajstić information content (AvgIpc) is 1.83. The Labute approximate surface area is 55.9 Å². The smallest absolute Gasteiger partial charge is 0.0778 e. The maximum absolute atomic E-state index is 9.80. The van der Waals surface area contributed by atoms with Crippen molar-refractivity contribution in [2.24, 2.45) is 11.1 Å². The van der Waals surface area contributed by atoms with Gasteiger partial charge < -0.3 is 0 Å². The molecule has 0 saturated heterocycles. The molecule has 0 aliphatic rings. The molecule has 2 heteroatoms. The van der Waals surface area contributed by atoms with Crippen molar-refractivity contribution in [1.29, 1.82) is 0 Å². The van der Waals surface area contributed by atoms with Gasteiger partial charge in [-0.3, -0.25) is 0 Å². The van der Waals surface area contributed by atoms with Crippen LogP contribution in [0.2, 0.25) is 0 Å². The quantitative estimate of drug-likeness (QED) is 0.536. The van der Waals surface area contributed by atoms with Crippen molar-refractivity contribution in [3.63, 3.8) is 0 Å². The van der Waals surface area contributed by atoms with E-state index < -0.39 is 0 Å². The molecule has 0 aliphatic heterocycles. The first kappa shape index (κ1) is 8.34. The Balaban J connectivity index is 3.56. The van der Waals surface area contributed by atoms with E-state index in [1.165, 1.54) is 0 Å². The van der Waals surface area contributed by atoms with Crippen molar-refractivity contribution >= 4 is 0 Å². The summed E-state index contributed by atoms with van der Waals surface area (Å²) in [6.07, 6.45) is 2.80. The van der Waals surface area contributed by atoms with E-state index in [0.29, 0.717) is 11.6 Å². The summed E-state index contributed by atoms with van der Waals surface area (Å²) >= 11 is 0. The molecule has 0 spiro atoms. The molecule has 9 heavy (non-hydrogen) atoms. The highest BCUT2D eigenvalue weighted by atomic mass is 16.3. The van der Waals surface area contributed by atoms with Gasteiger partial charge in [0, 0.05) is 0 Å². The van der Waals surface area contributed by atoms with Gasteiger partial charge in [-0.2, -0.15) is 0 Å². The average molecular weight is 127 g/mol. The minimum atomic E-state index is 0.587. The highest BCUT2D eigenvalue weighted by Gasteiger charge is 1.89. The molecular weight excluding hydrogens is 114 g/mol. The number of hydrogen-bond acceptors (Lipinski definition) is 2. The molecule has 0 aromatic heterocycles. The van der Waals surface area contributed by atoms with E-state index in [0.717, 1.165) is 6.42 Å². The van der Waals surface area contributed by atoms with Crippen LogP contribution in [0, 0.1) is 10.8 Å². The molecule has 0 rings (SSSR count). The van der Waals surface area contributed by atoms with Gasteiger partial charge in [0.05, 0.1) is 5.70 Å². The summed E-state index contributed by atoms with van der Waals surface area (Å²) in [5.41, 5.74) is 0.587. The van der Waals surface area contributed by atoms with Gasteiger partial charge in [0.25, 0.3) is 0 Å². The lowest BCUT2D eigenvalue weighted by Crippen LogP contribution is -1.82. The monoisotopic (exact) mass is 127 g/mol. The van der Waals surface area contributed by atoms with Gasteiger partial charge >= 0.3 is 0 Å². The Morgan fingerprint density at radius 3 is 2.56 bits per heavy atom. The predicted octanol–water partition coefficient (Wildman–Crippen LogP) is 2.70. The summed E-state index contributed by atoms with van der Waals surface area (Å²) in [6, 6.07) is 0. The van der Waals surface area contributed by atoms with Gasteiger partial charge in [-0.05, 0) is 24.4 Å². The highest BCUT2D eigenvalue weighted by Crippen LogP contribution is 2.03. The molecule has 0 bridgehead atoms. The molecule has 0 N–H and O–H groups in total. The SMILES string of the molecule is C/C(=C\CC(C)C)N=O. The van der Waals surface area contributed by atoms with Crippen molar-refractivity contribution in [1.82, 2.24) is 0 Å². The van der Waals surface area contributed by atoms with Crippen LogP contribution in [0.5, 0.6) is 0 Å². The Kier molecular flexibility index (Phi) is 3.93. The van der Waals surface area contributed by atoms with E-state index in [1.54, 1.807) is 6.92 Å². The van der Waals surface area contributed by atoms with Crippen molar-refractivity contribution in [2.75, 3.05) is 0 Å². The van der Waals surface area contributed by atoms with Gasteiger partial charge in [-0.15, -0.1) is 4.91 Å². The number of allylic oxidation sites excluding steroid dienone is 2. The third-order valence-corrected chi connectivity index (χ3v) is 1.03. The van der Waals surface area contributed by atoms with Crippen LogP contribution in [0.25, 0.3) is 0 Å². The zero-order valence-corrected chi connectivity index (χ0v) is 6.22. The van der Waals surface area contributed by atoms with Crippen molar-refractivity contribution in [3.05, 3.63) is 16.7 Å². The first-order valence-electron chi connectivity index (χ1n) is 3.17. The Bertz CT molecular complexity index is 116. The zero-order valence-electron chi connectivity index (χ0n) is 6.22. The molecule has 0 unspecified atom stereocenters. The fraction of sp³-hybridized carbons (Fsp3) is 0.714. The molecule has 0 aromatic carbocycles. The number of nitrogens with zero attached hydrogens (tertiary/aromatic N) is 1. The van der Waals surface area contributed by atoms with Crippen LogP contribution in [0.4, 0.5) is 0 Å². The van der Waals surface area contributed by atoms with Crippen LogP contribution >= 0.6 is 0 Å². The molecule has 0 radical (unpaired) electrons. The van der Waals surface area contributed by atoms with E-state index in [9.17, 15) is 4.91 Å². The van der Waals surface area contributed by atoms with E-state index in [-0.39, 0.29) is 0 Å². The highest BCUT2D eigenvalue weighted by molar-refractivity contribution is 4.94. The van der Waals surface area contributed by atoms with Gasteiger partial charge in [0.2, 0.25) is 0 Å². The van der Waals surface area contributed by atoms with E-state index in [4.69, 9.17) is 0 Å². The van der Waals surface area contributed by atoms with E-state index >= 15 is 0 Å². The molecular formula is C7H13NO. The largest absolute Gasteiger partial charge is 0.145 e. The molecule has 0 aliphatic carbocycles. The number of hydrogen-bond donors (Lipinski definition) is 0. The third kappa shape index (κ3) is 5.21. The maximum Gasteiger partial charge on any atom is 0.0778 e. The topological polar surface area (TPSA) is 29.4 Å². The molecule has 0 aromatic rings. The van der Waals surface area contributed by atoms with Crippen molar-refractivity contribution in [3.8, 4) is 0 Å². The minimum Gasteiger partial charge on any atom is -0.145 e. The lowest BCUT2D eigenvalue weighted by Gasteiger charge is -1.95. The fourth-order valence-corrected chi connectivity index (χ4v) is 0.444. The lowest BCUT2D eigenvalue weighted by atomic mass is 10.1. The van der Waals surface area contributed by atoms with Gasteiger partial charge in [0.1, 0.15) is 0 Å². The maximum atomic E-state index is 9.80. The molecule has 0 atom stereocenters. The molecule has 0 fully saturated rings. The van der Waals surface area contributed by atoms with Crippen molar-refractivity contribution < 1.29 is 0 Å². The van der Waals surface area contributed by atoms with Gasteiger partial charge in [0.15, 0.2) is 0 Å². The lowest BCUT2D eigenvalue weighted by molar-refractivity contribution is 0.660. The van der Waals surface area contributed by atoms with Crippen LogP contribution in [0.3, 0.4) is 0 Å². The molecule has 2 nitrogen and oxygen atoms in total. The normalized spacial score (nSPS) is 12.2. The Morgan fingerprint density at radius 1 is 1.67 bits per heavy atom. The summed E-state index contributed by atoms with van der Waals surface area (Å²) in [7, 11) is 0. The fourth-order valence-electron chi connectivity index (χ4n) is 0.444. The number of nitroso groups, excluding NO2 is 1. The Morgan fingerprint density at radius 2 is 2.22 bits per heavy atom. The van der Waals surface area contributed by atoms with E-state index in [1.807, 2.05) is 6.08 Å². The van der Waals surface area contributed by atoms with Crippen molar-refractivity contribution in [2.45, 2.75) is 27.2 Å². The number of rotatable bonds is 3. The summed E-state index contributed by atoms with van der Waals surface area (Å²) in [5.74, 6) is 0.613. The Hall–Kier alpha value is -0.660. The van der Waals surface area contributed by atoms with Crippen LogP contribution in [-0.4, -0.2) is 0 Å². The minimum absolute atomic E-state index is 0.587. The third-order valence-electron chi connectivity index (χ3n) is 1.03. The zero-order chi connectivity index (χ0) is 7.28. The first-order chi connectivity index (χ1) is 4.16. The molecule has 52 valence electrons. The predicted molar refractivity (Wildman–Crippen MR) is 39.0 cm³/mol. The second kappa shape index (κ2) is 4.24. The van der Waals surface area contributed by atoms with Crippen LogP contribution in [-0.2, 0) is 0 Å². The summed E-state index contributed by atoms with van der Waals surface area (Å²) in [4.78, 5) is 9.80. The van der Waals surface area contributed by atoms with Crippen LogP contribution < -0.4 is 0 Å². The second-order valence-electron chi connectivity index (χ2n) is 2.57. The van der Waals surface area contributed by atoms with Gasteiger partial charge in [-0.25, -0.2) is 0 Å². The first-order valence-corrected chi connectivity index (χ1v) is 3.17. The van der Waals surface area contributed by atoms with Gasteiger partial charge in [-0.1, -0.05) is 19.9 Å². The van der Waals surface area contributed by atoms with Crippen LogP contribution in [0.15, 0.2) is 16.9 Å². The second-order valence-corrected chi connectivity index (χ2v) is 2.57. The summed E-state index contributed by atoms with van der Waals surface area (Å²) in [5, 5.41) is 2.77. The summed E-state index contributed by atoms with van der Waals surface area (Å²) in [6.45, 7) is 5.93. The van der Waals surface area contributed by atoms with Crippen LogP contribution in [0.1, 0.15) is 27.2 Å². The molecule has 0 amide bonds. The van der Waals surface area contributed by atoms with E-state index in [2.05, 4.69) is 19.0 Å². The molecule has 0 saturated carbocycles. The molecule has 0 heterocycles. The standard InChI is InChI=1S/C7H13NO/c1-6(2)4-5-7(3)8-9/h5-6H,4H2,1-3H3/b7-5+. The summed E-state index contributed by atoms with van der Waals surface area (Å²) < 4.78 is 0.